The molecule has 0 fully saturated rings. The second kappa shape index (κ2) is 5.36. The molecule has 0 atom stereocenters. The summed E-state index contributed by atoms with van der Waals surface area (Å²) < 4.78 is 5.58. The Morgan fingerprint density at radius 3 is 2.62 bits per heavy atom. The Morgan fingerprint density at radius 1 is 1.06 bits per heavy atom. The third-order valence-electron chi connectivity index (χ3n) is 2.42. The zero-order chi connectivity index (χ0) is 11.2. The van der Waals surface area contributed by atoms with Crippen LogP contribution in [0.25, 0.3) is 0 Å². The van der Waals surface area contributed by atoms with E-state index >= 15 is 0 Å². The molecule has 0 saturated heterocycles. The first-order valence-corrected chi connectivity index (χ1v) is 5.56. The fraction of sp³-hybridized carbons (Fsp3) is 0.200. The molecule has 2 aromatic rings. The van der Waals surface area contributed by atoms with E-state index in [1.54, 1.807) is 0 Å². The van der Waals surface area contributed by atoms with Gasteiger partial charge in [-0.3, -0.25) is 0 Å². The van der Waals surface area contributed by atoms with Crippen LogP contribution in [0, 0.1) is 6.07 Å². The molecule has 0 saturated carbocycles. The van der Waals surface area contributed by atoms with Crippen molar-refractivity contribution in [1.29, 1.82) is 0 Å². The summed E-state index contributed by atoms with van der Waals surface area (Å²) in [6, 6.07) is 19.5. The average molecular weight is 211 g/mol. The van der Waals surface area contributed by atoms with Crippen LogP contribution in [0.2, 0.25) is 0 Å². The van der Waals surface area contributed by atoms with Crippen LogP contribution in [-0.4, -0.2) is 6.61 Å². The smallest absolute Gasteiger partial charge is 0.123 e. The topological polar surface area (TPSA) is 9.23 Å². The van der Waals surface area contributed by atoms with Crippen molar-refractivity contribution in [1.82, 2.24) is 0 Å². The number of ether oxygens (including phenoxy) is 1. The molecule has 0 amide bonds. The van der Waals surface area contributed by atoms with Crippen molar-refractivity contribution in [2.24, 2.45) is 0 Å². The predicted octanol–water partition coefficient (Wildman–Crippen LogP) is 3.48. The predicted molar refractivity (Wildman–Crippen MR) is 65.7 cm³/mol. The molecule has 1 nitrogen and oxygen atoms in total. The van der Waals surface area contributed by atoms with E-state index in [1.807, 2.05) is 31.2 Å². The van der Waals surface area contributed by atoms with Crippen LogP contribution in [0.3, 0.4) is 0 Å². The minimum atomic E-state index is 0.694. The quantitative estimate of drug-likeness (QED) is 0.752. The molecule has 0 aliphatic heterocycles. The van der Waals surface area contributed by atoms with Crippen molar-refractivity contribution in [2.75, 3.05) is 6.61 Å². The van der Waals surface area contributed by atoms with Gasteiger partial charge in [0.25, 0.3) is 0 Å². The third-order valence-corrected chi connectivity index (χ3v) is 2.42. The Hall–Kier alpha value is -1.76. The van der Waals surface area contributed by atoms with Crippen LogP contribution in [-0.2, 0) is 6.42 Å². The van der Waals surface area contributed by atoms with Crippen LogP contribution < -0.4 is 4.74 Å². The van der Waals surface area contributed by atoms with E-state index in [2.05, 4.69) is 30.3 Å². The lowest BCUT2D eigenvalue weighted by Gasteiger charge is -2.09. The van der Waals surface area contributed by atoms with Gasteiger partial charge in [-0.25, -0.2) is 0 Å². The Bertz CT molecular complexity index is 434. The van der Waals surface area contributed by atoms with Crippen molar-refractivity contribution < 1.29 is 4.74 Å². The first kappa shape index (κ1) is 10.7. The molecule has 0 bridgehead atoms. The van der Waals surface area contributed by atoms with Gasteiger partial charge in [0.05, 0.1) is 6.61 Å². The van der Waals surface area contributed by atoms with E-state index in [-0.39, 0.29) is 0 Å². The first-order valence-electron chi connectivity index (χ1n) is 5.56. The molecule has 0 aliphatic rings. The van der Waals surface area contributed by atoms with Crippen LogP contribution in [0.15, 0.2) is 48.5 Å². The molecule has 2 aromatic carbocycles. The van der Waals surface area contributed by atoms with Gasteiger partial charge in [-0.05, 0) is 24.6 Å². The zero-order valence-electron chi connectivity index (χ0n) is 9.44. The Labute approximate surface area is 96.7 Å². The molecule has 81 valence electrons. The van der Waals surface area contributed by atoms with Gasteiger partial charge in [0.2, 0.25) is 0 Å². The van der Waals surface area contributed by atoms with Crippen LogP contribution >= 0.6 is 0 Å². The monoisotopic (exact) mass is 211 g/mol. The fourth-order valence-corrected chi connectivity index (χ4v) is 1.68. The van der Waals surface area contributed by atoms with E-state index in [0.29, 0.717) is 6.61 Å². The summed E-state index contributed by atoms with van der Waals surface area (Å²) in [4.78, 5) is 0. The maximum atomic E-state index is 5.58. The molecule has 1 radical (unpaired) electrons. The van der Waals surface area contributed by atoms with Gasteiger partial charge in [-0.2, -0.15) is 0 Å². The summed E-state index contributed by atoms with van der Waals surface area (Å²) in [6.45, 7) is 2.69. The molecule has 0 aromatic heterocycles. The zero-order valence-corrected chi connectivity index (χ0v) is 9.44. The van der Waals surface area contributed by atoms with E-state index in [1.165, 1.54) is 5.56 Å². The van der Waals surface area contributed by atoms with Crippen molar-refractivity contribution in [3.63, 3.8) is 0 Å². The van der Waals surface area contributed by atoms with Gasteiger partial charge in [0.1, 0.15) is 5.75 Å². The SMILES string of the molecule is CCOc1ccc[c]c1Cc1ccccc1. The normalized spacial score (nSPS) is 10.1. The van der Waals surface area contributed by atoms with Crippen molar-refractivity contribution >= 4 is 0 Å². The average Bonchev–Trinajstić information content (AvgIpc) is 2.33. The summed E-state index contributed by atoms with van der Waals surface area (Å²) >= 11 is 0. The molecule has 0 heterocycles. The van der Waals surface area contributed by atoms with Gasteiger partial charge < -0.3 is 4.74 Å². The Morgan fingerprint density at radius 2 is 1.88 bits per heavy atom. The van der Waals surface area contributed by atoms with Gasteiger partial charge in [0, 0.05) is 12.0 Å². The van der Waals surface area contributed by atoms with Crippen molar-refractivity contribution in [2.45, 2.75) is 13.3 Å². The van der Waals surface area contributed by atoms with Crippen molar-refractivity contribution in [3.05, 3.63) is 65.7 Å². The summed E-state index contributed by atoms with van der Waals surface area (Å²) in [7, 11) is 0. The number of rotatable bonds is 4. The van der Waals surface area contributed by atoms with Gasteiger partial charge in [-0.1, -0.05) is 42.5 Å². The summed E-state index contributed by atoms with van der Waals surface area (Å²) in [5.41, 5.74) is 2.40. The van der Waals surface area contributed by atoms with Gasteiger partial charge in [-0.15, -0.1) is 0 Å². The van der Waals surface area contributed by atoms with Crippen LogP contribution in [0.4, 0.5) is 0 Å². The van der Waals surface area contributed by atoms with Gasteiger partial charge in [0.15, 0.2) is 0 Å². The molecule has 0 aliphatic carbocycles. The minimum absolute atomic E-state index is 0.694. The number of hydrogen-bond donors (Lipinski definition) is 0. The molecule has 0 unspecified atom stereocenters. The highest BCUT2D eigenvalue weighted by Gasteiger charge is 2.03. The highest BCUT2D eigenvalue weighted by Crippen LogP contribution is 2.20. The molecule has 0 N–H and O–H groups in total. The molecular weight excluding hydrogens is 196 g/mol. The van der Waals surface area contributed by atoms with Crippen molar-refractivity contribution in [3.8, 4) is 5.75 Å². The maximum Gasteiger partial charge on any atom is 0.123 e. The molecule has 16 heavy (non-hydrogen) atoms. The first-order chi connectivity index (χ1) is 7.90. The Kier molecular flexibility index (Phi) is 3.60. The van der Waals surface area contributed by atoms with E-state index in [0.717, 1.165) is 17.7 Å². The van der Waals surface area contributed by atoms with E-state index < -0.39 is 0 Å². The number of benzene rings is 2. The second-order valence-corrected chi connectivity index (χ2v) is 3.61. The third kappa shape index (κ3) is 2.63. The lowest BCUT2D eigenvalue weighted by atomic mass is 10.0. The number of hydrogen-bond acceptors (Lipinski definition) is 1. The lowest BCUT2D eigenvalue weighted by Crippen LogP contribution is -1.97. The Balaban J connectivity index is 2.21. The highest BCUT2D eigenvalue weighted by molar-refractivity contribution is 5.36. The minimum Gasteiger partial charge on any atom is -0.494 e. The molecule has 1 heteroatoms. The summed E-state index contributed by atoms with van der Waals surface area (Å²) in [6.07, 6.45) is 0.872. The van der Waals surface area contributed by atoms with E-state index in [9.17, 15) is 0 Å². The largest absolute Gasteiger partial charge is 0.494 e. The summed E-state index contributed by atoms with van der Waals surface area (Å²) in [5, 5.41) is 0. The summed E-state index contributed by atoms with van der Waals surface area (Å²) in [5.74, 6) is 0.939. The van der Waals surface area contributed by atoms with Gasteiger partial charge >= 0.3 is 0 Å². The molecule has 0 spiro atoms. The second-order valence-electron chi connectivity index (χ2n) is 3.61. The van der Waals surface area contributed by atoms with E-state index in [4.69, 9.17) is 4.74 Å². The molecular formula is C15H15O. The van der Waals surface area contributed by atoms with Crippen LogP contribution in [0.1, 0.15) is 18.1 Å². The fourth-order valence-electron chi connectivity index (χ4n) is 1.68. The lowest BCUT2D eigenvalue weighted by molar-refractivity contribution is 0.337. The maximum absolute atomic E-state index is 5.58. The van der Waals surface area contributed by atoms with Crippen LogP contribution in [0.5, 0.6) is 5.75 Å². The molecule has 2 rings (SSSR count). The highest BCUT2D eigenvalue weighted by atomic mass is 16.5. The standard InChI is InChI=1S/C15H15O/c1-2-16-15-11-7-6-10-14(15)12-13-8-4-3-5-9-13/h3-9,11H,2,12H2,1H3.